The van der Waals surface area contributed by atoms with E-state index in [-0.39, 0.29) is 12.0 Å². The first-order valence-corrected chi connectivity index (χ1v) is 8.15. The van der Waals surface area contributed by atoms with Crippen LogP contribution in [0.5, 0.6) is 0 Å². The number of hydrogen-bond donors (Lipinski definition) is 1. The molecule has 2 fully saturated rings. The molecular formula is C16H25N3O2. The zero-order chi connectivity index (χ0) is 14.7. The molecule has 21 heavy (non-hydrogen) atoms. The molecule has 0 aliphatic heterocycles. The molecule has 1 aromatic heterocycles. The number of nitrogens with zero attached hydrogens (tertiary/aromatic N) is 2. The van der Waals surface area contributed by atoms with Crippen molar-refractivity contribution in [2.24, 2.45) is 0 Å². The Hall–Kier alpha value is -1.36. The molecule has 116 valence electrons. The van der Waals surface area contributed by atoms with E-state index in [4.69, 9.17) is 4.74 Å². The van der Waals surface area contributed by atoms with Gasteiger partial charge >= 0.3 is 5.97 Å². The van der Waals surface area contributed by atoms with Gasteiger partial charge in [-0.15, -0.1) is 0 Å². The third-order valence-corrected chi connectivity index (χ3v) is 4.63. The summed E-state index contributed by atoms with van der Waals surface area (Å²) in [6.45, 7) is 0. The van der Waals surface area contributed by atoms with Gasteiger partial charge in [-0.1, -0.05) is 25.7 Å². The fourth-order valence-electron chi connectivity index (χ4n) is 3.27. The minimum atomic E-state index is -0.388. The summed E-state index contributed by atoms with van der Waals surface area (Å²) in [5.74, 6) is -0.207. The van der Waals surface area contributed by atoms with Gasteiger partial charge in [0.1, 0.15) is 6.04 Å². The molecule has 5 nitrogen and oxygen atoms in total. The fourth-order valence-corrected chi connectivity index (χ4v) is 3.27. The van der Waals surface area contributed by atoms with Crippen molar-refractivity contribution in [1.29, 1.82) is 0 Å². The molecule has 2 aliphatic carbocycles. The number of carbonyl (C=O) groups is 1. The van der Waals surface area contributed by atoms with E-state index in [1.54, 1.807) is 0 Å². The van der Waals surface area contributed by atoms with Gasteiger partial charge in [0.15, 0.2) is 0 Å². The molecule has 0 amide bonds. The van der Waals surface area contributed by atoms with E-state index >= 15 is 0 Å². The van der Waals surface area contributed by atoms with E-state index in [2.05, 4.69) is 14.9 Å². The zero-order valence-electron chi connectivity index (χ0n) is 12.8. The molecule has 0 bridgehead atoms. The maximum absolute atomic E-state index is 12.2. The highest BCUT2D eigenvalue weighted by Crippen LogP contribution is 2.37. The van der Waals surface area contributed by atoms with Crippen molar-refractivity contribution in [2.75, 3.05) is 7.11 Å². The van der Waals surface area contributed by atoms with Crippen LogP contribution in [0.25, 0.3) is 0 Å². The highest BCUT2D eigenvalue weighted by atomic mass is 16.5. The predicted molar refractivity (Wildman–Crippen MR) is 79.9 cm³/mol. The molecule has 1 heterocycles. The lowest BCUT2D eigenvalue weighted by Crippen LogP contribution is -2.38. The van der Waals surface area contributed by atoms with E-state index in [1.165, 1.54) is 45.6 Å². The van der Waals surface area contributed by atoms with Crippen LogP contribution in [-0.2, 0) is 9.53 Å². The summed E-state index contributed by atoms with van der Waals surface area (Å²) in [6.07, 6.45) is 13.4. The van der Waals surface area contributed by atoms with E-state index in [9.17, 15) is 4.79 Å². The molecule has 0 saturated heterocycles. The summed E-state index contributed by atoms with van der Waals surface area (Å²) in [4.78, 5) is 16.5. The SMILES string of the molecule is COC(=O)C(NC1CCCCCC1)c1cncn1C1CC1. The number of carbonyl (C=O) groups excluding carboxylic acids is 1. The first-order valence-electron chi connectivity index (χ1n) is 8.15. The highest BCUT2D eigenvalue weighted by molar-refractivity contribution is 5.77. The molecule has 0 radical (unpaired) electrons. The van der Waals surface area contributed by atoms with E-state index in [1.807, 2.05) is 12.5 Å². The molecule has 0 aromatic carbocycles. The Kier molecular flexibility index (Phi) is 4.58. The Morgan fingerprint density at radius 2 is 2.00 bits per heavy atom. The van der Waals surface area contributed by atoms with Gasteiger partial charge in [0.05, 0.1) is 25.3 Å². The standard InChI is InChI=1S/C16H25N3O2/c1-21-16(20)15(18-12-6-4-2-3-5-7-12)14-10-17-11-19(14)13-8-9-13/h10-13,15,18H,2-9H2,1H3. The topological polar surface area (TPSA) is 56.1 Å². The Morgan fingerprint density at radius 3 is 2.62 bits per heavy atom. The van der Waals surface area contributed by atoms with E-state index < -0.39 is 0 Å². The van der Waals surface area contributed by atoms with Crippen molar-refractivity contribution in [1.82, 2.24) is 14.9 Å². The van der Waals surface area contributed by atoms with Crippen LogP contribution in [0.4, 0.5) is 0 Å². The first kappa shape index (κ1) is 14.6. The fraction of sp³-hybridized carbons (Fsp3) is 0.750. The van der Waals surface area contributed by atoms with Crippen LogP contribution in [0.1, 0.15) is 69.1 Å². The third kappa shape index (κ3) is 3.46. The van der Waals surface area contributed by atoms with Crippen LogP contribution < -0.4 is 5.32 Å². The molecule has 1 N–H and O–H groups in total. The average molecular weight is 291 g/mol. The van der Waals surface area contributed by atoms with Crippen LogP contribution in [0.15, 0.2) is 12.5 Å². The molecule has 1 unspecified atom stereocenters. The molecule has 1 aromatic rings. The van der Waals surface area contributed by atoms with Gasteiger partial charge in [0, 0.05) is 12.1 Å². The summed E-state index contributed by atoms with van der Waals surface area (Å²) in [7, 11) is 1.46. The smallest absolute Gasteiger partial charge is 0.329 e. The summed E-state index contributed by atoms with van der Waals surface area (Å²) in [5.41, 5.74) is 0.952. The lowest BCUT2D eigenvalue weighted by molar-refractivity contribution is -0.143. The van der Waals surface area contributed by atoms with Gasteiger partial charge < -0.3 is 9.30 Å². The van der Waals surface area contributed by atoms with Crippen molar-refractivity contribution in [3.8, 4) is 0 Å². The van der Waals surface area contributed by atoms with Crippen LogP contribution in [0.2, 0.25) is 0 Å². The summed E-state index contributed by atoms with van der Waals surface area (Å²) < 4.78 is 7.17. The number of methoxy groups -OCH3 is 1. The van der Waals surface area contributed by atoms with Crippen LogP contribution in [-0.4, -0.2) is 28.7 Å². The quantitative estimate of drug-likeness (QED) is 0.669. The lowest BCUT2D eigenvalue weighted by atomic mass is 10.1. The Labute approximate surface area is 126 Å². The average Bonchev–Trinajstić information content (AvgIpc) is 3.29. The van der Waals surface area contributed by atoms with Crippen molar-refractivity contribution >= 4 is 5.97 Å². The lowest BCUT2D eigenvalue weighted by Gasteiger charge is -2.24. The Balaban J connectivity index is 1.76. The van der Waals surface area contributed by atoms with Gasteiger partial charge in [0.25, 0.3) is 0 Å². The second-order valence-electron chi connectivity index (χ2n) is 6.27. The van der Waals surface area contributed by atoms with Crippen LogP contribution in [0, 0.1) is 0 Å². The number of esters is 1. The molecule has 5 heteroatoms. The zero-order valence-corrected chi connectivity index (χ0v) is 12.8. The van der Waals surface area contributed by atoms with Gasteiger partial charge in [-0.3, -0.25) is 5.32 Å². The monoisotopic (exact) mass is 291 g/mol. The Bertz CT molecular complexity index is 474. The molecule has 3 rings (SSSR count). The highest BCUT2D eigenvalue weighted by Gasteiger charge is 2.32. The van der Waals surface area contributed by atoms with Crippen LogP contribution in [0.3, 0.4) is 0 Å². The second kappa shape index (κ2) is 6.60. The van der Waals surface area contributed by atoms with Crippen LogP contribution >= 0.6 is 0 Å². The molecule has 2 aliphatic rings. The maximum atomic E-state index is 12.2. The van der Waals surface area contributed by atoms with Crippen molar-refractivity contribution in [2.45, 2.75) is 69.5 Å². The van der Waals surface area contributed by atoms with Gasteiger partial charge in [0.2, 0.25) is 0 Å². The van der Waals surface area contributed by atoms with Crippen molar-refractivity contribution in [3.63, 3.8) is 0 Å². The minimum absolute atomic E-state index is 0.207. The summed E-state index contributed by atoms with van der Waals surface area (Å²) in [6, 6.07) is 0.533. The molecule has 2 saturated carbocycles. The number of imidazole rings is 1. The minimum Gasteiger partial charge on any atom is -0.468 e. The van der Waals surface area contributed by atoms with E-state index in [0.717, 1.165) is 18.5 Å². The Morgan fingerprint density at radius 1 is 1.29 bits per heavy atom. The second-order valence-corrected chi connectivity index (χ2v) is 6.27. The molecular weight excluding hydrogens is 266 g/mol. The summed E-state index contributed by atoms with van der Waals surface area (Å²) >= 11 is 0. The van der Waals surface area contributed by atoms with Gasteiger partial charge in [-0.25, -0.2) is 9.78 Å². The predicted octanol–water partition coefficient (Wildman–Crippen LogP) is 2.74. The van der Waals surface area contributed by atoms with Crippen molar-refractivity contribution in [3.05, 3.63) is 18.2 Å². The number of ether oxygens (including phenoxy) is 1. The molecule has 0 spiro atoms. The third-order valence-electron chi connectivity index (χ3n) is 4.63. The van der Waals surface area contributed by atoms with Gasteiger partial charge in [-0.2, -0.15) is 0 Å². The largest absolute Gasteiger partial charge is 0.468 e. The number of aromatic nitrogens is 2. The van der Waals surface area contributed by atoms with Gasteiger partial charge in [-0.05, 0) is 25.7 Å². The molecule has 1 atom stereocenters. The number of nitrogens with one attached hydrogen (secondary N) is 1. The summed E-state index contributed by atoms with van der Waals surface area (Å²) in [5, 5.41) is 3.54. The van der Waals surface area contributed by atoms with Crippen molar-refractivity contribution < 1.29 is 9.53 Å². The normalized spacial score (nSPS) is 21.8. The first-order chi connectivity index (χ1) is 10.3. The van der Waals surface area contributed by atoms with E-state index in [0.29, 0.717) is 12.1 Å². The number of rotatable bonds is 5. The maximum Gasteiger partial charge on any atom is 0.329 e. The number of hydrogen-bond acceptors (Lipinski definition) is 4.